The van der Waals surface area contributed by atoms with Gasteiger partial charge in [-0.2, -0.15) is 0 Å². The predicted molar refractivity (Wildman–Crippen MR) is 122 cm³/mol. The molecule has 1 unspecified atom stereocenters. The Morgan fingerprint density at radius 3 is 2.32 bits per heavy atom. The van der Waals surface area contributed by atoms with Crippen molar-refractivity contribution >= 4 is 11.9 Å². The highest BCUT2D eigenvalue weighted by Gasteiger charge is 2.39. The first-order valence-corrected chi connectivity index (χ1v) is 11.1. The summed E-state index contributed by atoms with van der Waals surface area (Å²) < 4.78 is 20.9. The van der Waals surface area contributed by atoms with Crippen LogP contribution in [-0.4, -0.2) is 44.2 Å². The molecular weight excluding hydrogens is 445 g/mol. The van der Waals surface area contributed by atoms with Crippen LogP contribution in [-0.2, 0) is 11.3 Å². The molecule has 0 aliphatic carbocycles. The van der Waals surface area contributed by atoms with Crippen molar-refractivity contribution in [2.24, 2.45) is 5.41 Å². The number of benzene rings is 1. The molecule has 0 saturated heterocycles. The number of aliphatic hydroxyl groups is 1. The summed E-state index contributed by atoms with van der Waals surface area (Å²) in [7, 11) is 0. The molecule has 0 spiro atoms. The lowest BCUT2D eigenvalue weighted by molar-refractivity contribution is -0.143. The Kier molecular flexibility index (Phi) is 7.11. The Balaban J connectivity index is 2.23. The van der Waals surface area contributed by atoms with Crippen LogP contribution in [0.2, 0.25) is 0 Å². The Bertz CT molecular complexity index is 1210. The van der Waals surface area contributed by atoms with E-state index < -0.39 is 52.2 Å². The second-order valence-electron chi connectivity index (χ2n) is 9.72. The summed E-state index contributed by atoms with van der Waals surface area (Å²) in [5, 5.41) is 9.65. The molecular formula is C24H30FN3O6. The number of carbonyl (C=O) groups is 2. The van der Waals surface area contributed by atoms with Gasteiger partial charge in [-0.1, -0.05) is 12.1 Å². The van der Waals surface area contributed by atoms with Crippen molar-refractivity contribution in [3.63, 3.8) is 0 Å². The first-order valence-electron chi connectivity index (χ1n) is 11.1. The summed E-state index contributed by atoms with van der Waals surface area (Å²) in [6.45, 7) is 7.98. The van der Waals surface area contributed by atoms with Gasteiger partial charge in [0.25, 0.3) is 11.5 Å². The number of fused-ring (bicyclic) bond motifs is 1. The highest BCUT2D eigenvalue weighted by molar-refractivity contribution is 5.96. The maximum absolute atomic E-state index is 13.6. The molecule has 0 fully saturated rings. The zero-order valence-electron chi connectivity index (χ0n) is 20.0. The number of halogens is 1. The van der Waals surface area contributed by atoms with Gasteiger partial charge in [-0.25, -0.2) is 9.18 Å². The third kappa shape index (κ3) is 4.82. The average Bonchev–Trinajstić information content (AvgIpc) is 2.74. The molecule has 3 rings (SSSR count). The number of nitrogens with zero attached hydrogens (tertiary/aromatic N) is 3. The second-order valence-corrected chi connectivity index (χ2v) is 9.72. The van der Waals surface area contributed by atoms with E-state index in [0.29, 0.717) is 5.56 Å². The van der Waals surface area contributed by atoms with Gasteiger partial charge in [0.2, 0.25) is 5.75 Å². The molecule has 2 heterocycles. The fourth-order valence-electron chi connectivity index (χ4n) is 3.84. The number of aliphatic hydroxyl groups excluding tert-OH is 1. The zero-order chi connectivity index (χ0) is 25.4. The third-order valence-electron chi connectivity index (χ3n) is 5.64. The van der Waals surface area contributed by atoms with Crippen LogP contribution in [0, 0.1) is 11.2 Å². The monoisotopic (exact) mass is 475 g/mol. The number of hydrogen-bond donors (Lipinski definition) is 1. The first kappa shape index (κ1) is 25.4. The maximum atomic E-state index is 13.6. The van der Waals surface area contributed by atoms with Gasteiger partial charge in [-0.05, 0) is 58.7 Å². The van der Waals surface area contributed by atoms with E-state index in [2.05, 4.69) is 0 Å². The van der Waals surface area contributed by atoms with Crippen LogP contribution >= 0.6 is 0 Å². The smallest absolute Gasteiger partial charge is 0.332 e. The second kappa shape index (κ2) is 9.54. The van der Waals surface area contributed by atoms with Crippen LogP contribution in [0.5, 0.6) is 5.75 Å². The predicted octanol–water partition coefficient (Wildman–Crippen LogP) is 2.26. The molecule has 0 radical (unpaired) electrons. The normalized spacial score (nSPS) is 16.1. The highest BCUT2D eigenvalue weighted by atomic mass is 19.1. The van der Waals surface area contributed by atoms with Crippen LogP contribution in [0.15, 0.2) is 33.9 Å². The number of ether oxygens (including phenoxy) is 1. The zero-order valence-corrected chi connectivity index (χ0v) is 20.0. The minimum atomic E-state index is -0.973. The fraction of sp³-hybridized carbons (Fsp3) is 0.500. The molecule has 1 aromatic heterocycles. The summed E-state index contributed by atoms with van der Waals surface area (Å²) in [5.41, 5.74) is -2.24. The van der Waals surface area contributed by atoms with Crippen molar-refractivity contribution in [1.82, 2.24) is 14.0 Å². The summed E-state index contributed by atoms with van der Waals surface area (Å²) in [6, 6.07) is 4.37. The van der Waals surface area contributed by atoms with Crippen LogP contribution in [0.25, 0.3) is 0 Å². The van der Waals surface area contributed by atoms with Gasteiger partial charge in [0.15, 0.2) is 5.69 Å². The van der Waals surface area contributed by atoms with Gasteiger partial charge in [-0.15, -0.1) is 0 Å². The molecule has 1 aliphatic heterocycles. The van der Waals surface area contributed by atoms with E-state index in [1.165, 1.54) is 29.2 Å². The third-order valence-corrected chi connectivity index (χ3v) is 5.64. The Morgan fingerprint density at radius 1 is 1.18 bits per heavy atom. The molecule has 1 amide bonds. The fourth-order valence-corrected chi connectivity index (χ4v) is 3.84. The molecule has 9 nitrogen and oxygen atoms in total. The van der Waals surface area contributed by atoms with E-state index in [4.69, 9.17) is 4.74 Å². The average molecular weight is 476 g/mol. The topological polar surface area (TPSA) is 111 Å². The largest absolute Gasteiger partial charge is 0.418 e. The van der Waals surface area contributed by atoms with Gasteiger partial charge in [0.05, 0.1) is 11.5 Å². The first-order chi connectivity index (χ1) is 15.9. The molecule has 2 aromatic rings. The van der Waals surface area contributed by atoms with Crippen LogP contribution < -0.4 is 16.0 Å². The lowest BCUT2D eigenvalue weighted by Gasteiger charge is -2.36. The SMILES string of the molecule is CC(C)n1c(=O)c(OC(=O)C(C)(C)C)c2n(c1=O)C(CCO)CN(Cc1ccc(F)cc1)C2=O. The van der Waals surface area contributed by atoms with Crippen LogP contribution in [0.4, 0.5) is 4.39 Å². The van der Waals surface area contributed by atoms with Crippen molar-refractivity contribution < 1.29 is 23.8 Å². The lowest BCUT2D eigenvalue weighted by atomic mass is 9.97. The van der Waals surface area contributed by atoms with Crippen molar-refractivity contribution in [1.29, 1.82) is 0 Å². The van der Waals surface area contributed by atoms with Gasteiger partial charge < -0.3 is 14.7 Å². The number of esters is 1. The summed E-state index contributed by atoms with van der Waals surface area (Å²) >= 11 is 0. The lowest BCUT2D eigenvalue weighted by Crippen LogP contribution is -2.53. The Morgan fingerprint density at radius 2 is 1.79 bits per heavy atom. The van der Waals surface area contributed by atoms with Gasteiger partial charge in [0.1, 0.15) is 5.82 Å². The molecule has 0 saturated carbocycles. The van der Waals surface area contributed by atoms with Crippen molar-refractivity contribution in [3.05, 3.63) is 62.2 Å². The molecule has 1 atom stereocenters. The molecule has 0 bridgehead atoms. The minimum Gasteiger partial charge on any atom is -0.418 e. The summed E-state index contributed by atoms with van der Waals surface area (Å²) in [4.78, 5) is 54.3. The van der Waals surface area contributed by atoms with Crippen molar-refractivity contribution in [3.8, 4) is 5.75 Å². The molecule has 10 heteroatoms. The Labute approximate surface area is 196 Å². The number of carbonyl (C=O) groups excluding carboxylic acids is 2. The van der Waals surface area contributed by atoms with E-state index >= 15 is 0 Å². The van der Waals surface area contributed by atoms with Gasteiger partial charge >= 0.3 is 11.7 Å². The molecule has 1 N–H and O–H groups in total. The minimum absolute atomic E-state index is 0.0760. The van der Waals surface area contributed by atoms with E-state index in [9.17, 15) is 28.7 Å². The molecule has 1 aliphatic rings. The van der Waals surface area contributed by atoms with Crippen LogP contribution in [0.1, 0.15) is 69.2 Å². The standard InChI is InChI=1S/C24H30FN3O6/c1-14(2)27-21(31)19(34-22(32)24(3,4)5)18-20(30)26(12-15-6-8-16(25)9-7-15)13-17(10-11-29)28(18)23(27)33/h6-9,14,17,29H,10-13H2,1-5H3. The number of amides is 1. The molecule has 34 heavy (non-hydrogen) atoms. The molecule has 184 valence electrons. The summed E-state index contributed by atoms with van der Waals surface area (Å²) in [5.74, 6) is -2.33. The summed E-state index contributed by atoms with van der Waals surface area (Å²) in [6.07, 6.45) is 0.128. The van der Waals surface area contributed by atoms with Gasteiger partial charge in [-0.3, -0.25) is 23.5 Å². The Hall–Kier alpha value is -3.27. The number of hydrogen-bond acceptors (Lipinski definition) is 6. The van der Waals surface area contributed by atoms with E-state index in [0.717, 1.165) is 9.13 Å². The quantitative estimate of drug-likeness (QED) is 0.642. The van der Waals surface area contributed by atoms with Gasteiger partial charge in [0, 0.05) is 25.7 Å². The molecule has 1 aromatic carbocycles. The van der Waals surface area contributed by atoms with E-state index in [1.54, 1.807) is 34.6 Å². The van der Waals surface area contributed by atoms with Crippen LogP contribution in [0.3, 0.4) is 0 Å². The van der Waals surface area contributed by atoms with E-state index in [-0.39, 0.29) is 31.8 Å². The van der Waals surface area contributed by atoms with Crippen molar-refractivity contribution in [2.45, 2.75) is 59.7 Å². The van der Waals surface area contributed by atoms with Crippen molar-refractivity contribution in [2.75, 3.05) is 13.2 Å². The number of rotatable bonds is 6. The maximum Gasteiger partial charge on any atom is 0.332 e. The highest BCUT2D eigenvalue weighted by Crippen LogP contribution is 2.29. The van der Waals surface area contributed by atoms with E-state index in [1.807, 2.05) is 0 Å². The number of aromatic nitrogens is 2.